The summed E-state index contributed by atoms with van der Waals surface area (Å²) in [4.78, 5) is 2.30. The number of benzene rings is 3. The SMILES string of the molecule is Cc1c(OCCCNCC(O)c2ccccc2)cccc1-c1cccc(OCCCN2CCC(O)C2)c1C. The van der Waals surface area contributed by atoms with Crippen LogP contribution in [0.3, 0.4) is 0 Å². The van der Waals surface area contributed by atoms with Crippen molar-refractivity contribution in [2.24, 2.45) is 0 Å². The highest BCUT2D eigenvalue weighted by Crippen LogP contribution is 2.35. The zero-order valence-corrected chi connectivity index (χ0v) is 22.7. The molecule has 0 radical (unpaired) electrons. The highest BCUT2D eigenvalue weighted by molar-refractivity contribution is 5.74. The first-order chi connectivity index (χ1) is 18.5. The van der Waals surface area contributed by atoms with Gasteiger partial charge in [-0.25, -0.2) is 0 Å². The van der Waals surface area contributed by atoms with Crippen molar-refractivity contribution in [1.29, 1.82) is 0 Å². The van der Waals surface area contributed by atoms with Crippen LogP contribution in [-0.2, 0) is 0 Å². The summed E-state index contributed by atoms with van der Waals surface area (Å²) in [5.74, 6) is 1.81. The molecule has 0 aromatic heterocycles. The van der Waals surface area contributed by atoms with E-state index in [4.69, 9.17) is 9.47 Å². The number of likely N-dealkylation sites (tertiary alicyclic amines) is 1. The van der Waals surface area contributed by atoms with E-state index in [1.54, 1.807) is 0 Å². The molecule has 6 heteroatoms. The van der Waals surface area contributed by atoms with Crippen molar-refractivity contribution >= 4 is 0 Å². The van der Waals surface area contributed by atoms with Crippen LogP contribution in [0.15, 0.2) is 66.7 Å². The molecule has 1 heterocycles. The van der Waals surface area contributed by atoms with E-state index in [1.807, 2.05) is 48.5 Å². The number of aliphatic hydroxyl groups excluding tert-OH is 2. The molecule has 2 atom stereocenters. The Bertz CT molecular complexity index is 1140. The Labute approximate surface area is 227 Å². The molecule has 0 bridgehead atoms. The van der Waals surface area contributed by atoms with Gasteiger partial charge in [-0.2, -0.15) is 0 Å². The Hall–Kier alpha value is -2.90. The second-order valence-corrected chi connectivity index (χ2v) is 10.1. The molecular formula is C32H42N2O4. The molecule has 0 spiro atoms. The average Bonchev–Trinajstić information content (AvgIpc) is 3.35. The van der Waals surface area contributed by atoms with Crippen molar-refractivity contribution in [3.05, 3.63) is 83.4 Å². The number of rotatable bonds is 14. The smallest absolute Gasteiger partial charge is 0.122 e. The molecule has 1 fully saturated rings. The first-order valence-electron chi connectivity index (χ1n) is 13.8. The lowest BCUT2D eigenvalue weighted by Gasteiger charge is -2.18. The summed E-state index contributed by atoms with van der Waals surface area (Å²) < 4.78 is 12.3. The Morgan fingerprint density at radius 2 is 1.50 bits per heavy atom. The van der Waals surface area contributed by atoms with Crippen molar-refractivity contribution in [2.45, 2.75) is 45.3 Å². The molecule has 1 aliphatic heterocycles. The predicted octanol–water partition coefficient (Wildman–Crippen LogP) is 4.90. The maximum Gasteiger partial charge on any atom is 0.122 e. The Morgan fingerprint density at radius 1 is 0.868 bits per heavy atom. The van der Waals surface area contributed by atoms with Crippen LogP contribution in [-0.4, -0.2) is 67.2 Å². The van der Waals surface area contributed by atoms with Gasteiger partial charge in [-0.15, -0.1) is 0 Å². The van der Waals surface area contributed by atoms with Crippen molar-refractivity contribution in [2.75, 3.05) is 45.9 Å². The van der Waals surface area contributed by atoms with Gasteiger partial charge in [0, 0.05) is 26.2 Å². The molecule has 2 unspecified atom stereocenters. The molecule has 0 aliphatic carbocycles. The lowest BCUT2D eigenvalue weighted by Crippen LogP contribution is -2.24. The first kappa shape index (κ1) is 28.1. The van der Waals surface area contributed by atoms with Crippen LogP contribution in [0.2, 0.25) is 0 Å². The minimum atomic E-state index is -0.502. The topological polar surface area (TPSA) is 74.2 Å². The quantitative estimate of drug-likeness (QED) is 0.264. The van der Waals surface area contributed by atoms with E-state index in [2.05, 4.69) is 42.3 Å². The van der Waals surface area contributed by atoms with Gasteiger partial charge in [0.05, 0.1) is 25.4 Å². The third-order valence-corrected chi connectivity index (χ3v) is 7.26. The summed E-state index contributed by atoms with van der Waals surface area (Å²) in [7, 11) is 0. The standard InChI is InChI=1S/C32H42N2O4/c1-24-28(29-13-7-15-32(25(29)2)38-21-9-18-34-19-16-27(35)23-34)12-6-14-31(24)37-20-8-17-33-22-30(36)26-10-4-3-5-11-26/h3-7,10-15,27,30,33,35-36H,8-9,16-23H2,1-2H3. The van der Waals surface area contributed by atoms with Gasteiger partial charge in [0.25, 0.3) is 0 Å². The van der Waals surface area contributed by atoms with E-state index in [1.165, 1.54) is 0 Å². The Balaban J connectivity index is 1.25. The van der Waals surface area contributed by atoms with Crippen molar-refractivity contribution in [3.8, 4) is 22.6 Å². The number of nitrogens with zero attached hydrogens (tertiary/aromatic N) is 1. The molecule has 38 heavy (non-hydrogen) atoms. The van der Waals surface area contributed by atoms with Crippen LogP contribution in [0.5, 0.6) is 11.5 Å². The van der Waals surface area contributed by atoms with Gasteiger partial charge in [-0.05, 0) is 79.6 Å². The van der Waals surface area contributed by atoms with Crippen LogP contribution in [0.1, 0.15) is 42.1 Å². The lowest BCUT2D eigenvalue weighted by atomic mass is 9.95. The summed E-state index contributed by atoms with van der Waals surface area (Å²) in [6, 6.07) is 22.2. The van der Waals surface area contributed by atoms with Crippen molar-refractivity contribution < 1.29 is 19.7 Å². The van der Waals surface area contributed by atoms with Gasteiger partial charge in [-0.3, -0.25) is 0 Å². The molecule has 3 N–H and O–H groups in total. The van der Waals surface area contributed by atoms with E-state index < -0.39 is 6.10 Å². The molecule has 0 amide bonds. The maximum absolute atomic E-state index is 10.3. The minimum Gasteiger partial charge on any atom is -0.493 e. The first-order valence-corrected chi connectivity index (χ1v) is 13.8. The molecule has 4 rings (SSSR count). The maximum atomic E-state index is 10.3. The third kappa shape index (κ3) is 7.81. The number of aliphatic hydroxyl groups is 2. The highest BCUT2D eigenvalue weighted by atomic mass is 16.5. The molecule has 204 valence electrons. The van der Waals surface area contributed by atoms with Gasteiger partial charge in [0.2, 0.25) is 0 Å². The number of ether oxygens (including phenoxy) is 2. The van der Waals surface area contributed by atoms with Gasteiger partial charge >= 0.3 is 0 Å². The Kier molecular flexibility index (Phi) is 10.6. The van der Waals surface area contributed by atoms with E-state index in [-0.39, 0.29) is 6.10 Å². The summed E-state index contributed by atoms with van der Waals surface area (Å²) in [6.07, 6.45) is 1.99. The predicted molar refractivity (Wildman–Crippen MR) is 153 cm³/mol. The normalized spacial score (nSPS) is 16.5. The van der Waals surface area contributed by atoms with Crippen LogP contribution in [0.25, 0.3) is 11.1 Å². The second-order valence-electron chi connectivity index (χ2n) is 10.1. The minimum absolute atomic E-state index is 0.173. The third-order valence-electron chi connectivity index (χ3n) is 7.26. The van der Waals surface area contributed by atoms with Gasteiger partial charge < -0.3 is 29.9 Å². The van der Waals surface area contributed by atoms with Gasteiger partial charge in [0.15, 0.2) is 0 Å². The van der Waals surface area contributed by atoms with E-state index in [0.29, 0.717) is 19.8 Å². The lowest BCUT2D eigenvalue weighted by molar-refractivity contribution is 0.173. The zero-order valence-electron chi connectivity index (χ0n) is 22.7. The number of nitrogens with one attached hydrogen (secondary N) is 1. The Morgan fingerprint density at radius 3 is 2.11 bits per heavy atom. The van der Waals surface area contributed by atoms with E-state index >= 15 is 0 Å². The zero-order chi connectivity index (χ0) is 26.7. The molecule has 1 saturated heterocycles. The monoisotopic (exact) mass is 518 g/mol. The average molecular weight is 519 g/mol. The molecule has 6 nitrogen and oxygen atoms in total. The van der Waals surface area contributed by atoms with Crippen LogP contribution >= 0.6 is 0 Å². The number of β-amino-alcohol motifs (C(OH)–C–C–N with tert-alkyl or cyclic N) is 1. The van der Waals surface area contributed by atoms with Crippen LogP contribution < -0.4 is 14.8 Å². The summed E-state index contributed by atoms with van der Waals surface area (Å²) in [5, 5.41) is 23.3. The molecule has 3 aromatic carbocycles. The molecule has 0 saturated carbocycles. The highest BCUT2D eigenvalue weighted by Gasteiger charge is 2.19. The van der Waals surface area contributed by atoms with Gasteiger partial charge in [-0.1, -0.05) is 54.6 Å². The second kappa shape index (κ2) is 14.3. The fourth-order valence-electron chi connectivity index (χ4n) is 5.02. The fraction of sp³-hybridized carbons (Fsp3) is 0.438. The van der Waals surface area contributed by atoms with Crippen molar-refractivity contribution in [1.82, 2.24) is 10.2 Å². The van der Waals surface area contributed by atoms with E-state index in [9.17, 15) is 10.2 Å². The van der Waals surface area contributed by atoms with E-state index in [0.717, 1.165) is 84.8 Å². The van der Waals surface area contributed by atoms with Crippen LogP contribution in [0, 0.1) is 13.8 Å². The van der Waals surface area contributed by atoms with Gasteiger partial charge in [0.1, 0.15) is 11.5 Å². The summed E-state index contributed by atoms with van der Waals surface area (Å²) in [5.41, 5.74) is 5.49. The van der Waals surface area contributed by atoms with Crippen LogP contribution in [0.4, 0.5) is 0 Å². The van der Waals surface area contributed by atoms with Crippen molar-refractivity contribution in [3.63, 3.8) is 0 Å². The molecular weight excluding hydrogens is 476 g/mol. The summed E-state index contributed by atoms with van der Waals surface area (Å²) in [6.45, 7) is 9.50. The molecule has 1 aliphatic rings. The number of hydrogen-bond acceptors (Lipinski definition) is 6. The molecule has 3 aromatic rings. The fourth-order valence-corrected chi connectivity index (χ4v) is 5.02. The number of hydrogen-bond donors (Lipinski definition) is 3. The largest absolute Gasteiger partial charge is 0.493 e. The summed E-state index contributed by atoms with van der Waals surface area (Å²) >= 11 is 0.